The molecule has 0 atom stereocenters. The normalized spacial score (nSPS) is 10.2. The maximum absolute atomic E-state index is 4.31. The van der Waals surface area contributed by atoms with E-state index in [0.717, 1.165) is 0 Å². The fraction of sp³-hybridized carbons (Fsp3) is 0.400. The molecule has 12 heavy (non-hydrogen) atoms. The standard InChI is InChI=1S/C10H14BN/c1-10(2,3)9-12-11-7-5-4-6-8-11/h4-8H,1-3H3. The highest BCUT2D eigenvalue weighted by Gasteiger charge is 2.10. The van der Waals surface area contributed by atoms with Crippen molar-refractivity contribution < 1.29 is 0 Å². The van der Waals surface area contributed by atoms with Gasteiger partial charge in [-0.2, -0.15) is 11.9 Å². The van der Waals surface area contributed by atoms with E-state index in [4.69, 9.17) is 0 Å². The average molecular weight is 159 g/mol. The Labute approximate surface area is 74.3 Å². The molecule has 1 aromatic heterocycles. The van der Waals surface area contributed by atoms with Crippen LogP contribution in [0.25, 0.3) is 4.76 Å². The first-order valence-electron chi connectivity index (χ1n) is 4.23. The summed E-state index contributed by atoms with van der Waals surface area (Å²) in [4.78, 5) is 0. The maximum atomic E-state index is 4.31. The predicted octanol–water partition coefficient (Wildman–Crippen LogP) is 2.85. The van der Waals surface area contributed by atoms with Crippen molar-refractivity contribution >= 4 is 6.48 Å². The largest absolute Gasteiger partial charge is 0.373 e. The van der Waals surface area contributed by atoms with E-state index < -0.39 is 0 Å². The topological polar surface area (TPSA) is 4.36 Å². The first-order valence-corrected chi connectivity index (χ1v) is 4.23. The molecule has 0 aliphatic heterocycles. The van der Waals surface area contributed by atoms with Gasteiger partial charge in [0.15, 0.2) is 6.07 Å². The monoisotopic (exact) mass is 159 g/mol. The lowest BCUT2D eigenvalue weighted by atomic mass is 9.81. The zero-order valence-electron chi connectivity index (χ0n) is 7.91. The van der Waals surface area contributed by atoms with Crippen LogP contribution in [0.5, 0.6) is 0 Å². The smallest absolute Gasteiger partial charge is 0.364 e. The van der Waals surface area contributed by atoms with Crippen LogP contribution in [-0.2, 0) is 0 Å². The maximum Gasteiger partial charge on any atom is 0.373 e. The van der Waals surface area contributed by atoms with E-state index in [1.807, 2.05) is 18.2 Å². The molecule has 0 aliphatic carbocycles. The Morgan fingerprint density at radius 1 is 1.08 bits per heavy atom. The van der Waals surface area contributed by atoms with Crippen molar-refractivity contribution in [1.29, 1.82) is 0 Å². The summed E-state index contributed by atoms with van der Waals surface area (Å²) in [7, 11) is 0. The molecule has 0 spiro atoms. The van der Waals surface area contributed by atoms with Crippen LogP contribution in [0.4, 0.5) is 0 Å². The predicted molar refractivity (Wildman–Crippen MR) is 54.5 cm³/mol. The van der Waals surface area contributed by atoms with Crippen LogP contribution in [0.3, 0.4) is 0 Å². The minimum absolute atomic E-state index is 0.0584. The van der Waals surface area contributed by atoms with E-state index in [-0.39, 0.29) is 11.9 Å². The van der Waals surface area contributed by atoms with Gasteiger partial charge in [-0.1, -0.05) is 18.2 Å². The lowest BCUT2D eigenvalue weighted by molar-refractivity contribution is 0.570. The molecule has 2 heteroatoms. The molecule has 1 heterocycles. The second kappa shape index (κ2) is 3.54. The molecule has 0 N–H and O–H groups in total. The minimum Gasteiger partial charge on any atom is -0.364 e. The van der Waals surface area contributed by atoms with Gasteiger partial charge in [-0.05, 0) is 20.8 Å². The van der Waals surface area contributed by atoms with Crippen LogP contribution < -0.4 is 0 Å². The third kappa shape index (κ3) is 3.34. The van der Waals surface area contributed by atoms with Crippen LogP contribution in [-0.4, -0.2) is 6.48 Å². The molecule has 0 aromatic carbocycles. The van der Waals surface area contributed by atoms with Gasteiger partial charge in [0.05, 0.1) is 5.41 Å². The van der Waals surface area contributed by atoms with Crippen molar-refractivity contribution in [3.8, 4) is 6.07 Å². The summed E-state index contributed by atoms with van der Waals surface area (Å²) in [5, 5.41) is 0. The SMILES string of the molecule is CC(C)(C)C#[N+][b-]1ccccc1. The molecule has 0 radical (unpaired) electrons. The molecule has 0 aliphatic rings. The van der Waals surface area contributed by atoms with Gasteiger partial charge in [0, 0.05) is 0 Å². The zero-order chi connectivity index (χ0) is 9.03. The second-order valence-corrected chi connectivity index (χ2v) is 3.94. The summed E-state index contributed by atoms with van der Waals surface area (Å²) in [6, 6.07) is 9.13. The second-order valence-electron chi connectivity index (χ2n) is 3.94. The fourth-order valence-corrected chi connectivity index (χ4v) is 0.839. The number of hydrogen-bond donors (Lipinski definition) is 0. The Bertz CT molecular complexity index is 300. The lowest BCUT2D eigenvalue weighted by Gasteiger charge is -2.00. The Hall–Kier alpha value is -1.10. The van der Waals surface area contributed by atoms with E-state index in [1.165, 1.54) is 0 Å². The van der Waals surface area contributed by atoms with Crippen LogP contribution in [0.1, 0.15) is 20.8 Å². The number of nitrogens with zero attached hydrogens (tertiary/aromatic N) is 1. The Morgan fingerprint density at radius 2 is 1.67 bits per heavy atom. The van der Waals surface area contributed by atoms with Gasteiger partial charge in [-0.15, -0.1) is 0 Å². The summed E-state index contributed by atoms with van der Waals surface area (Å²) in [5.74, 6) is 4.11. The van der Waals surface area contributed by atoms with Crippen molar-refractivity contribution in [1.82, 2.24) is 0 Å². The van der Waals surface area contributed by atoms with Gasteiger partial charge >= 0.3 is 6.48 Å². The van der Waals surface area contributed by atoms with Crippen molar-refractivity contribution in [2.75, 3.05) is 0 Å². The summed E-state index contributed by atoms with van der Waals surface area (Å²) in [5.41, 5.74) is 0.0584. The van der Waals surface area contributed by atoms with Gasteiger partial charge in [0.1, 0.15) is 0 Å². The molecule has 1 rings (SSSR count). The van der Waals surface area contributed by atoms with Gasteiger partial charge in [-0.25, -0.2) is 0 Å². The Balaban J connectivity index is 2.81. The molecule has 1 aromatic rings. The van der Waals surface area contributed by atoms with E-state index >= 15 is 0 Å². The highest BCUT2D eigenvalue weighted by atomic mass is 14.5. The van der Waals surface area contributed by atoms with E-state index in [2.05, 4.69) is 43.5 Å². The summed E-state index contributed by atoms with van der Waals surface area (Å²) in [6.07, 6.45) is 0. The Kier molecular flexibility index (Phi) is 2.65. The van der Waals surface area contributed by atoms with Gasteiger partial charge in [-0.3, -0.25) is 0 Å². The average Bonchev–Trinajstić information content (AvgIpc) is 2.02. The van der Waals surface area contributed by atoms with Crippen molar-refractivity contribution in [2.24, 2.45) is 5.41 Å². The highest BCUT2D eigenvalue weighted by Crippen LogP contribution is 2.10. The molecule has 0 unspecified atom stereocenters. The van der Waals surface area contributed by atoms with Gasteiger partial charge in [0.25, 0.3) is 0 Å². The molecule has 0 amide bonds. The highest BCUT2D eigenvalue weighted by molar-refractivity contribution is 6.54. The van der Waals surface area contributed by atoms with Crippen molar-refractivity contribution in [3.05, 3.63) is 34.9 Å². The molecule has 0 bridgehead atoms. The van der Waals surface area contributed by atoms with Crippen LogP contribution in [0.2, 0.25) is 0 Å². The lowest BCUT2D eigenvalue weighted by Crippen LogP contribution is -1.99. The van der Waals surface area contributed by atoms with E-state index in [9.17, 15) is 0 Å². The Morgan fingerprint density at radius 3 is 2.17 bits per heavy atom. The molecule has 0 saturated carbocycles. The quantitative estimate of drug-likeness (QED) is 0.548. The van der Waals surface area contributed by atoms with Crippen LogP contribution in [0.15, 0.2) is 30.1 Å². The third-order valence-electron chi connectivity index (χ3n) is 1.39. The van der Waals surface area contributed by atoms with E-state index in [1.54, 1.807) is 0 Å². The van der Waals surface area contributed by atoms with Crippen molar-refractivity contribution in [3.63, 3.8) is 0 Å². The first kappa shape index (κ1) is 9.00. The first-order chi connectivity index (χ1) is 5.58. The fourth-order valence-electron chi connectivity index (χ4n) is 0.839. The van der Waals surface area contributed by atoms with Gasteiger partial charge in [0.2, 0.25) is 0 Å². The van der Waals surface area contributed by atoms with Crippen molar-refractivity contribution in [2.45, 2.75) is 20.8 Å². The molecular weight excluding hydrogens is 145 g/mol. The molecule has 62 valence electrons. The minimum atomic E-state index is 0.0584. The molecule has 0 fully saturated rings. The number of rotatable bonds is 0. The molecule has 1 nitrogen and oxygen atoms in total. The van der Waals surface area contributed by atoms with E-state index in [0.29, 0.717) is 0 Å². The van der Waals surface area contributed by atoms with Gasteiger partial charge < -0.3 is 4.76 Å². The van der Waals surface area contributed by atoms with Crippen LogP contribution >= 0.6 is 0 Å². The molecular formula is C10H14BN. The zero-order valence-corrected chi connectivity index (χ0v) is 7.91. The van der Waals surface area contributed by atoms with Crippen LogP contribution in [0, 0.1) is 11.5 Å². The summed E-state index contributed by atoms with van der Waals surface area (Å²) >= 11 is 0. The summed E-state index contributed by atoms with van der Waals surface area (Å²) in [6.45, 7) is 6.48. The third-order valence-corrected chi connectivity index (χ3v) is 1.39. The molecule has 0 saturated heterocycles. The number of hydrogen-bond acceptors (Lipinski definition) is 0. The summed E-state index contributed by atoms with van der Waals surface area (Å²) < 4.78 is 4.31.